The van der Waals surface area contributed by atoms with E-state index in [1.54, 1.807) is 18.2 Å². The molecule has 23 heavy (non-hydrogen) atoms. The molecule has 0 fully saturated rings. The minimum Gasteiger partial charge on any atom is -0.481 e. The smallest absolute Gasteiger partial charge is 0.340 e. The van der Waals surface area contributed by atoms with E-state index in [2.05, 4.69) is 10.3 Å². The number of rotatable bonds is 5. The number of ether oxygens (including phenoxy) is 2. The van der Waals surface area contributed by atoms with Crippen LogP contribution < -0.4 is 10.1 Å². The van der Waals surface area contributed by atoms with Gasteiger partial charge in [-0.05, 0) is 32.0 Å². The van der Waals surface area contributed by atoms with E-state index >= 15 is 0 Å². The van der Waals surface area contributed by atoms with E-state index in [0.29, 0.717) is 11.6 Å². The van der Waals surface area contributed by atoms with Crippen molar-refractivity contribution < 1.29 is 19.1 Å². The molecule has 6 heteroatoms. The summed E-state index contributed by atoms with van der Waals surface area (Å²) in [7, 11) is 1.48. The molecule has 1 N–H and O–H groups in total. The molecular formula is C17H18N2O4. The molecule has 0 saturated heterocycles. The van der Waals surface area contributed by atoms with Gasteiger partial charge in [0.15, 0.2) is 6.10 Å². The third kappa shape index (κ3) is 4.54. The van der Waals surface area contributed by atoms with Gasteiger partial charge in [-0.3, -0.25) is 4.79 Å². The first kappa shape index (κ1) is 16.5. The minimum atomic E-state index is -0.925. The fourth-order valence-electron chi connectivity index (χ4n) is 1.78. The summed E-state index contributed by atoms with van der Waals surface area (Å²) in [4.78, 5) is 27.9. The predicted octanol–water partition coefficient (Wildman–Crippen LogP) is 2.58. The summed E-state index contributed by atoms with van der Waals surface area (Å²) in [6.07, 6.45) is 0.414. The maximum Gasteiger partial charge on any atom is 0.340 e. The molecule has 120 valence electrons. The fraction of sp³-hybridized carbons (Fsp3) is 0.235. The molecular weight excluding hydrogens is 296 g/mol. The number of amides is 1. The molecule has 1 aromatic heterocycles. The van der Waals surface area contributed by atoms with E-state index in [-0.39, 0.29) is 5.56 Å². The normalized spacial score (nSPS) is 11.4. The van der Waals surface area contributed by atoms with E-state index in [9.17, 15) is 9.59 Å². The number of carbonyl (C=O) groups excluding carboxylic acids is 2. The zero-order valence-corrected chi connectivity index (χ0v) is 13.2. The van der Waals surface area contributed by atoms with Crippen LogP contribution in [-0.2, 0) is 9.53 Å². The number of anilines is 1. The van der Waals surface area contributed by atoms with Gasteiger partial charge < -0.3 is 14.8 Å². The van der Waals surface area contributed by atoms with Gasteiger partial charge >= 0.3 is 5.97 Å². The van der Waals surface area contributed by atoms with Crippen molar-refractivity contribution >= 4 is 17.6 Å². The number of nitrogens with zero attached hydrogens (tertiary/aromatic N) is 1. The van der Waals surface area contributed by atoms with Crippen molar-refractivity contribution in [3.05, 3.63) is 53.7 Å². The van der Waals surface area contributed by atoms with Gasteiger partial charge in [0.2, 0.25) is 5.88 Å². The van der Waals surface area contributed by atoms with E-state index in [1.807, 2.05) is 19.1 Å². The Bertz CT molecular complexity index is 681. The van der Waals surface area contributed by atoms with Crippen LogP contribution in [0.1, 0.15) is 22.8 Å². The second kappa shape index (κ2) is 7.40. The highest BCUT2D eigenvalue weighted by molar-refractivity contribution is 5.97. The second-order valence-electron chi connectivity index (χ2n) is 4.99. The van der Waals surface area contributed by atoms with Crippen molar-refractivity contribution in [2.24, 2.45) is 0 Å². The summed E-state index contributed by atoms with van der Waals surface area (Å²) in [5.41, 5.74) is 1.99. The highest BCUT2D eigenvalue weighted by atomic mass is 16.5. The molecule has 1 atom stereocenters. The third-order valence-electron chi connectivity index (χ3n) is 3.15. The number of aryl methyl sites for hydroxylation is 1. The van der Waals surface area contributed by atoms with Crippen molar-refractivity contribution in [3.8, 4) is 5.88 Å². The highest BCUT2D eigenvalue weighted by Crippen LogP contribution is 2.11. The lowest BCUT2D eigenvalue weighted by atomic mass is 10.2. The SMILES string of the molecule is COc1ccc(C(=O)OC(C)C(=O)Nc2ccc(C)cc2)cn1. The first-order valence-corrected chi connectivity index (χ1v) is 7.08. The average Bonchev–Trinajstić information content (AvgIpc) is 2.56. The molecule has 0 bridgehead atoms. The lowest BCUT2D eigenvalue weighted by Gasteiger charge is -2.13. The number of esters is 1. The van der Waals surface area contributed by atoms with Gasteiger partial charge in [0.1, 0.15) is 0 Å². The van der Waals surface area contributed by atoms with Crippen molar-refractivity contribution in [3.63, 3.8) is 0 Å². The number of methoxy groups -OCH3 is 1. The van der Waals surface area contributed by atoms with Gasteiger partial charge in [0.05, 0.1) is 12.7 Å². The molecule has 0 aliphatic carbocycles. The summed E-state index contributed by atoms with van der Waals surface area (Å²) < 4.78 is 10.1. The largest absolute Gasteiger partial charge is 0.481 e. The molecule has 2 aromatic rings. The van der Waals surface area contributed by atoms with Crippen LogP contribution in [0, 0.1) is 6.92 Å². The fourth-order valence-corrected chi connectivity index (χ4v) is 1.78. The Morgan fingerprint density at radius 1 is 1.13 bits per heavy atom. The lowest BCUT2D eigenvalue weighted by molar-refractivity contribution is -0.123. The van der Waals surface area contributed by atoms with E-state index < -0.39 is 18.0 Å². The second-order valence-corrected chi connectivity index (χ2v) is 4.99. The molecule has 0 spiro atoms. The number of carbonyl (C=O) groups is 2. The Labute approximate surface area is 134 Å². The molecule has 0 aliphatic rings. The number of hydrogen-bond acceptors (Lipinski definition) is 5. The Hall–Kier alpha value is -2.89. The van der Waals surface area contributed by atoms with Crippen LogP contribution in [0.3, 0.4) is 0 Å². The first-order chi connectivity index (χ1) is 11.0. The number of aromatic nitrogens is 1. The maximum absolute atomic E-state index is 12.0. The maximum atomic E-state index is 12.0. The first-order valence-electron chi connectivity index (χ1n) is 7.08. The number of pyridine rings is 1. The molecule has 0 saturated carbocycles. The summed E-state index contributed by atoms with van der Waals surface area (Å²) in [6, 6.07) is 10.4. The van der Waals surface area contributed by atoms with Gasteiger partial charge in [0, 0.05) is 18.0 Å². The van der Waals surface area contributed by atoms with Gasteiger partial charge in [0.25, 0.3) is 5.91 Å². The van der Waals surface area contributed by atoms with Gasteiger partial charge in [-0.25, -0.2) is 9.78 Å². The minimum absolute atomic E-state index is 0.251. The monoisotopic (exact) mass is 314 g/mol. The van der Waals surface area contributed by atoms with Crippen LogP contribution in [0.25, 0.3) is 0 Å². The van der Waals surface area contributed by atoms with E-state index in [0.717, 1.165) is 5.56 Å². The standard InChI is InChI=1S/C17H18N2O4/c1-11-4-7-14(8-5-11)19-16(20)12(2)23-17(21)13-6-9-15(22-3)18-10-13/h4-10,12H,1-3H3,(H,19,20). The summed E-state index contributed by atoms with van der Waals surface area (Å²) >= 11 is 0. The van der Waals surface area contributed by atoms with Crippen LogP contribution in [-0.4, -0.2) is 30.1 Å². The molecule has 0 radical (unpaired) electrons. The Balaban J connectivity index is 1.94. The molecule has 1 heterocycles. The number of nitrogens with one attached hydrogen (secondary N) is 1. The Kier molecular flexibility index (Phi) is 5.30. The van der Waals surface area contributed by atoms with Crippen molar-refractivity contribution in [2.45, 2.75) is 20.0 Å². The predicted molar refractivity (Wildman–Crippen MR) is 85.5 cm³/mol. The molecule has 2 rings (SSSR count). The summed E-state index contributed by atoms with van der Waals surface area (Å²) in [5, 5.41) is 2.69. The van der Waals surface area contributed by atoms with E-state index in [1.165, 1.54) is 26.3 Å². The zero-order chi connectivity index (χ0) is 16.8. The molecule has 1 aromatic carbocycles. The molecule has 6 nitrogen and oxygen atoms in total. The highest BCUT2D eigenvalue weighted by Gasteiger charge is 2.19. The summed E-state index contributed by atoms with van der Waals surface area (Å²) in [5.74, 6) is -0.623. The van der Waals surface area contributed by atoms with Crippen LogP contribution in [0.4, 0.5) is 5.69 Å². The zero-order valence-electron chi connectivity index (χ0n) is 13.2. The van der Waals surface area contributed by atoms with Gasteiger partial charge in [-0.15, -0.1) is 0 Å². The Morgan fingerprint density at radius 2 is 1.83 bits per heavy atom. The van der Waals surface area contributed by atoms with Crippen LogP contribution in [0.5, 0.6) is 5.88 Å². The Morgan fingerprint density at radius 3 is 2.39 bits per heavy atom. The average molecular weight is 314 g/mol. The van der Waals surface area contributed by atoms with Crippen molar-refractivity contribution in [1.29, 1.82) is 0 Å². The van der Waals surface area contributed by atoms with Crippen molar-refractivity contribution in [2.75, 3.05) is 12.4 Å². The summed E-state index contributed by atoms with van der Waals surface area (Å²) in [6.45, 7) is 3.47. The number of benzene rings is 1. The topological polar surface area (TPSA) is 77.5 Å². The van der Waals surface area contributed by atoms with Crippen LogP contribution in [0.2, 0.25) is 0 Å². The van der Waals surface area contributed by atoms with Crippen molar-refractivity contribution in [1.82, 2.24) is 4.98 Å². The third-order valence-corrected chi connectivity index (χ3v) is 3.15. The molecule has 1 unspecified atom stereocenters. The van der Waals surface area contributed by atoms with Gasteiger partial charge in [-0.2, -0.15) is 0 Å². The van der Waals surface area contributed by atoms with Crippen LogP contribution in [0.15, 0.2) is 42.6 Å². The van der Waals surface area contributed by atoms with Crippen LogP contribution >= 0.6 is 0 Å². The van der Waals surface area contributed by atoms with E-state index in [4.69, 9.17) is 9.47 Å². The lowest BCUT2D eigenvalue weighted by Crippen LogP contribution is -2.30. The molecule has 1 amide bonds. The molecule has 0 aliphatic heterocycles. The van der Waals surface area contributed by atoms with Gasteiger partial charge in [-0.1, -0.05) is 17.7 Å². The number of hydrogen-bond donors (Lipinski definition) is 1. The quantitative estimate of drug-likeness (QED) is 0.858.